The lowest BCUT2D eigenvalue weighted by molar-refractivity contribution is 0.261. The molecule has 0 aromatic heterocycles. The third kappa shape index (κ3) is 1.34. The Morgan fingerprint density at radius 1 is 1.20 bits per heavy atom. The van der Waals surface area contributed by atoms with E-state index in [-0.39, 0.29) is 0 Å². The van der Waals surface area contributed by atoms with Crippen molar-refractivity contribution in [1.82, 2.24) is 4.90 Å². The molecule has 0 amide bonds. The third-order valence-electron chi connectivity index (χ3n) is 2.68. The van der Waals surface area contributed by atoms with Crippen molar-refractivity contribution in [3.63, 3.8) is 0 Å². The van der Waals surface area contributed by atoms with Crippen LogP contribution in [0.2, 0.25) is 0 Å². The molecule has 0 spiro atoms. The van der Waals surface area contributed by atoms with Crippen molar-refractivity contribution in [3.8, 4) is 0 Å². The van der Waals surface area contributed by atoms with Crippen LogP contribution in [0.15, 0.2) is 0 Å². The van der Waals surface area contributed by atoms with Crippen LogP contribution in [0.3, 0.4) is 0 Å². The third-order valence-corrected chi connectivity index (χ3v) is 2.68. The molecule has 0 radical (unpaired) electrons. The summed E-state index contributed by atoms with van der Waals surface area (Å²) < 4.78 is 0. The van der Waals surface area contributed by atoms with Crippen LogP contribution in [0.1, 0.15) is 33.1 Å². The SMILES string of the molecule is CC.CN1C[C@H]2CCC1C2. The summed E-state index contributed by atoms with van der Waals surface area (Å²) in [5.41, 5.74) is 0. The highest BCUT2D eigenvalue weighted by Gasteiger charge is 2.34. The van der Waals surface area contributed by atoms with Gasteiger partial charge in [0.05, 0.1) is 0 Å². The van der Waals surface area contributed by atoms with Gasteiger partial charge in [-0.25, -0.2) is 0 Å². The van der Waals surface area contributed by atoms with E-state index in [0.29, 0.717) is 0 Å². The highest BCUT2D eigenvalue weighted by Crippen LogP contribution is 2.35. The van der Waals surface area contributed by atoms with Crippen LogP contribution in [0, 0.1) is 5.92 Å². The van der Waals surface area contributed by atoms with E-state index >= 15 is 0 Å². The van der Waals surface area contributed by atoms with Gasteiger partial charge >= 0.3 is 0 Å². The summed E-state index contributed by atoms with van der Waals surface area (Å²) in [4.78, 5) is 2.51. The van der Waals surface area contributed by atoms with E-state index in [1.807, 2.05) is 13.8 Å². The van der Waals surface area contributed by atoms with Gasteiger partial charge in [-0.15, -0.1) is 0 Å². The van der Waals surface area contributed by atoms with E-state index < -0.39 is 0 Å². The molecule has 0 N–H and O–H groups in total. The summed E-state index contributed by atoms with van der Waals surface area (Å²) in [6, 6.07) is 0.972. The molecule has 2 rings (SSSR count). The number of piperidine rings is 1. The average Bonchev–Trinajstić information content (AvgIpc) is 2.52. The number of hydrogen-bond acceptors (Lipinski definition) is 1. The maximum atomic E-state index is 2.51. The second kappa shape index (κ2) is 3.38. The van der Waals surface area contributed by atoms with Crippen LogP contribution >= 0.6 is 0 Å². The van der Waals surface area contributed by atoms with Gasteiger partial charge in [0, 0.05) is 12.6 Å². The Bertz CT molecular complexity index is 98.9. The van der Waals surface area contributed by atoms with Crippen molar-refractivity contribution in [2.45, 2.75) is 39.2 Å². The van der Waals surface area contributed by atoms with Crippen molar-refractivity contribution < 1.29 is 0 Å². The van der Waals surface area contributed by atoms with Crippen LogP contribution in [-0.4, -0.2) is 24.5 Å². The van der Waals surface area contributed by atoms with Crippen molar-refractivity contribution >= 4 is 0 Å². The monoisotopic (exact) mass is 141 g/mol. The van der Waals surface area contributed by atoms with Gasteiger partial charge in [-0.05, 0) is 32.2 Å². The van der Waals surface area contributed by atoms with E-state index in [1.54, 1.807) is 0 Å². The zero-order chi connectivity index (χ0) is 7.56. The fourth-order valence-corrected chi connectivity index (χ4v) is 2.17. The van der Waals surface area contributed by atoms with Crippen LogP contribution in [-0.2, 0) is 0 Å². The van der Waals surface area contributed by atoms with Crippen LogP contribution in [0.25, 0.3) is 0 Å². The van der Waals surface area contributed by atoms with Gasteiger partial charge < -0.3 is 4.90 Å². The maximum absolute atomic E-state index is 2.51. The molecular weight excluding hydrogens is 122 g/mol. The number of fused-ring (bicyclic) bond motifs is 2. The van der Waals surface area contributed by atoms with Crippen molar-refractivity contribution in [2.75, 3.05) is 13.6 Å². The van der Waals surface area contributed by atoms with Gasteiger partial charge in [0.1, 0.15) is 0 Å². The standard InChI is InChI=1S/C7H13N.C2H6/c1-8-5-6-2-3-7(8)4-6;1-2/h6-7H,2-5H2,1H3;1-2H3/t6-,7?;/m0./s1. The Kier molecular flexibility index (Phi) is 2.72. The van der Waals surface area contributed by atoms with Gasteiger partial charge in [-0.1, -0.05) is 13.8 Å². The lowest BCUT2D eigenvalue weighted by Gasteiger charge is -2.20. The van der Waals surface area contributed by atoms with Crippen molar-refractivity contribution in [1.29, 1.82) is 0 Å². The molecule has 2 aliphatic rings. The second-order valence-electron chi connectivity index (χ2n) is 3.27. The Balaban J connectivity index is 0.000000231. The smallest absolute Gasteiger partial charge is 0.00955 e. The highest BCUT2D eigenvalue weighted by atomic mass is 15.2. The second-order valence-corrected chi connectivity index (χ2v) is 3.27. The molecule has 2 bridgehead atoms. The lowest BCUT2D eigenvalue weighted by atomic mass is 10.1. The first-order chi connectivity index (χ1) is 4.86. The van der Waals surface area contributed by atoms with Crippen LogP contribution in [0.4, 0.5) is 0 Å². The fourth-order valence-electron chi connectivity index (χ4n) is 2.17. The lowest BCUT2D eigenvalue weighted by Crippen LogP contribution is -2.27. The summed E-state index contributed by atoms with van der Waals surface area (Å²) in [5.74, 6) is 1.07. The van der Waals surface area contributed by atoms with Gasteiger partial charge in [-0.2, -0.15) is 0 Å². The molecule has 2 atom stereocenters. The Morgan fingerprint density at radius 2 is 1.90 bits per heavy atom. The van der Waals surface area contributed by atoms with E-state index in [9.17, 15) is 0 Å². The zero-order valence-electron chi connectivity index (χ0n) is 7.43. The summed E-state index contributed by atoms with van der Waals surface area (Å²) in [5, 5.41) is 0. The van der Waals surface area contributed by atoms with Crippen LogP contribution < -0.4 is 0 Å². The fraction of sp³-hybridized carbons (Fsp3) is 1.00. The molecule has 1 aliphatic carbocycles. The molecule has 0 aromatic carbocycles. The molecule has 1 heterocycles. The summed E-state index contributed by atoms with van der Waals surface area (Å²) in [6.45, 7) is 5.38. The number of hydrogen-bond donors (Lipinski definition) is 0. The maximum Gasteiger partial charge on any atom is 0.00955 e. The van der Waals surface area contributed by atoms with E-state index in [0.717, 1.165) is 12.0 Å². The number of rotatable bonds is 0. The molecule has 1 heteroatoms. The molecule has 1 saturated heterocycles. The van der Waals surface area contributed by atoms with E-state index in [4.69, 9.17) is 0 Å². The minimum atomic E-state index is 0.972. The normalized spacial score (nSPS) is 37.5. The molecule has 10 heavy (non-hydrogen) atoms. The van der Waals surface area contributed by atoms with Gasteiger partial charge in [0.2, 0.25) is 0 Å². The largest absolute Gasteiger partial charge is 0.303 e. The molecule has 1 nitrogen and oxygen atoms in total. The minimum Gasteiger partial charge on any atom is -0.303 e. The average molecular weight is 141 g/mol. The molecule has 1 unspecified atom stereocenters. The molecular formula is C9H19N. The highest BCUT2D eigenvalue weighted by molar-refractivity contribution is 4.89. The summed E-state index contributed by atoms with van der Waals surface area (Å²) in [7, 11) is 2.25. The predicted molar refractivity (Wildman–Crippen MR) is 45.1 cm³/mol. The molecule has 60 valence electrons. The molecule has 2 fully saturated rings. The summed E-state index contributed by atoms with van der Waals surface area (Å²) >= 11 is 0. The zero-order valence-corrected chi connectivity index (χ0v) is 7.43. The van der Waals surface area contributed by atoms with Crippen LogP contribution in [0.5, 0.6) is 0 Å². The Labute approximate surface area is 64.4 Å². The first-order valence-electron chi connectivity index (χ1n) is 4.56. The number of nitrogens with zero attached hydrogens (tertiary/aromatic N) is 1. The number of likely N-dealkylation sites (tertiary alicyclic amines) is 1. The summed E-state index contributed by atoms with van der Waals surface area (Å²) in [6.07, 6.45) is 4.48. The Hall–Kier alpha value is -0.0400. The van der Waals surface area contributed by atoms with Crippen molar-refractivity contribution in [2.24, 2.45) is 5.92 Å². The van der Waals surface area contributed by atoms with Crippen molar-refractivity contribution in [3.05, 3.63) is 0 Å². The van der Waals surface area contributed by atoms with E-state index in [2.05, 4.69) is 11.9 Å². The predicted octanol–water partition coefficient (Wildman–Crippen LogP) is 2.13. The first kappa shape index (κ1) is 8.06. The molecule has 0 aromatic rings. The van der Waals surface area contributed by atoms with Gasteiger partial charge in [0.15, 0.2) is 0 Å². The minimum absolute atomic E-state index is 0.972. The van der Waals surface area contributed by atoms with E-state index in [1.165, 1.54) is 25.8 Å². The molecule has 1 saturated carbocycles. The Morgan fingerprint density at radius 3 is 2.10 bits per heavy atom. The quantitative estimate of drug-likeness (QED) is 0.499. The van der Waals surface area contributed by atoms with Gasteiger partial charge in [-0.3, -0.25) is 0 Å². The van der Waals surface area contributed by atoms with Gasteiger partial charge in [0.25, 0.3) is 0 Å². The topological polar surface area (TPSA) is 3.24 Å². The first-order valence-corrected chi connectivity index (χ1v) is 4.56. The molecule has 1 aliphatic heterocycles.